The van der Waals surface area contributed by atoms with Crippen LogP contribution in [0.25, 0.3) is 0 Å². The number of likely N-dealkylation sites (tertiary alicyclic amines) is 1. The Kier molecular flexibility index (Phi) is 23.4. The molecule has 0 aromatic carbocycles. The van der Waals surface area contributed by atoms with Crippen molar-refractivity contribution in [2.24, 2.45) is 23.7 Å². The van der Waals surface area contributed by atoms with E-state index >= 15 is 0 Å². The van der Waals surface area contributed by atoms with Crippen LogP contribution in [0.15, 0.2) is 0 Å². The summed E-state index contributed by atoms with van der Waals surface area (Å²) < 4.78 is 5.68. The molecule has 5 aliphatic carbocycles. The molecule has 0 radical (unpaired) electrons. The summed E-state index contributed by atoms with van der Waals surface area (Å²) in [5, 5.41) is 21.7. The normalized spacial score (nSPS) is 32.3. The van der Waals surface area contributed by atoms with Crippen LogP contribution in [0.2, 0.25) is 0 Å². The molecule has 0 bridgehead atoms. The Bertz CT molecular complexity index is 790. The lowest BCUT2D eigenvalue weighted by Gasteiger charge is -2.40. The predicted octanol–water partition coefficient (Wildman–Crippen LogP) is 8.68. The van der Waals surface area contributed by atoms with Crippen molar-refractivity contribution in [3.63, 3.8) is 0 Å². The molecule has 6 rings (SSSR count). The molecule has 268 valence electrons. The van der Waals surface area contributed by atoms with Crippen molar-refractivity contribution >= 4 is 87.1 Å². The van der Waals surface area contributed by atoms with Crippen LogP contribution in [0.1, 0.15) is 150 Å². The first-order valence-corrected chi connectivity index (χ1v) is 16.0. The second-order valence-electron chi connectivity index (χ2n) is 14.8. The lowest BCUT2D eigenvalue weighted by atomic mass is 9.82. The number of ether oxygens (including phenoxy) is 1. The topological polar surface area (TPSA) is 70.0 Å². The van der Waals surface area contributed by atoms with Gasteiger partial charge in [-0.3, -0.25) is 4.90 Å². The van der Waals surface area contributed by atoms with E-state index in [1.165, 1.54) is 70.6 Å². The summed E-state index contributed by atoms with van der Waals surface area (Å²) in [4.78, 5) is 14.8. The quantitative estimate of drug-likeness (QED) is 0.298. The monoisotopic (exact) mass is 737 g/mol. The molecule has 0 aromatic heterocycles. The van der Waals surface area contributed by atoms with Gasteiger partial charge in [0, 0.05) is 6.04 Å². The summed E-state index contributed by atoms with van der Waals surface area (Å²) in [5.74, 6) is 3.17. The molecule has 6 atom stereocenters. The third-order valence-electron chi connectivity index (χ3n) is 11.3. The summed E-state index contributed by atoms with van der Waals surface area (Å²) in [6.45, 7) is 5.75. The average molecular weight is 738 g/mol. The van der Waals surface area contributed by atoms with Crippen LogP contribution in [0.4, 0.5) is 4.79 Å². The van der Waals surface area contributed by atoms with Crippen LogP contribution in [-0.2, 0) is 4.74 Å². The summed E-state index contributed by atoms with van der Waals surface area (Å²) >= 11 is 0. The van der Waals surface area contributed by atoms with Gasteiger partial charge in [0.1, 0.15) is 5.60 Å². The average Bonchev–Trinajstić information content (AvgIpc) is 3.63. The summed E-state index contributed by atoms with van der Waals surface area (Å²) in [6.07, 6.45) is 22.5. The molecule has 5 saturated carbocycles. The second kappa shape index (κ2) is 20.7. The van der Waals surface area contributed by atoms with E-state index in [4.69, 9.17) is 4.74 Å². The van der Waals surface area contributed by atoms with E-state index in [9.17, 15) is 15.0 Å². The predicted molar refractivity (Wildman–Crippen MR) is 216 cm³/mol. The van der Waals surface area contributed by atoms with Crippen LogP contribution in [-0.4, -0.2) is 50.1 Å². The molecular formula is C33H71NO4S6. The van der Waals surface area contributed by atoms with Crippen LogP contribution in [0.5, 0.6) is 0 Å². The summed E-state index contributed by atoms with van der Waals surface area (Å²) in [7, 11) is 0. The molecule has 6 aliphatic rings. The Morgan fingerprint density at radius 2 is 1.05 bits per heavy atom. The molecule has 1 amide bonds. The molecule has 0 aromatic rings. The number of nitrogens with zero attached hydrogens (tertiary/aromatic N) is 1. The van der Waals surface area contributed by atoms with Crippen molar-refractivity contribution < 1.29 is 19.7 Å². The number of carbonyl (C=O) groups is 1. The first kappa shape index (κ1) is 49.7. The van der Waals surface area contributed by atoms with Gasteiger partial charge in [-0.15, -0.1) is 0 Å². The lowest BCUT2D eigenvalue weighted by Crippen LogP contribution is -2.54. The number of hydrogen-bond donors (Lipinski definition) is 2. The van der Waals surface area contributed by atoms with Crippen molar-refractivity contribution in [2.75, 3.05) is 0 Å². The molecule has 0 spiro atoms. The maximum atomic E-state index is 12.8. The van der Waals surface area contributed by atoms with E-state index in [1.807, 2.05) is 25.7 Å². The number of aliphatic hydroxyl groups is 2. The van der Waals surface area contributed by atoms with E-state index in [1.54, 1.807) is 0 Å². The van der Waals surface area contributed by atoms with Gasteiger partial charge >= 0.3 is 6.09 Å². The fourth-order valence-corrected chi connectivity index (χ4v) is 9.40. The second-order valence-corrected chi connectivity index (χ2v) is 14.8. The first-order valence-electron chi connectivity index (χ1n) is 16.0. The fourth-order valence-electron chi connectivity index (χ4n) is 9.40. The van der Waals surface area contributed by atoms with E-state index in [2.05, 4.69) is 0 Å². The largest absolute Gasteiger partial charge is 0.444 e. The van der Waals surface area contributed by atoms with Crippen molar-refractivity contribution in [3.8, 4) is 0 Å². The first-order chi connectivity index (χ1) is 17.6. The highest BCUT2D eigenvalue weighted by Crippen LogP contribution is 2.52. The lowest BCUT2D eigenvalue weighted by molar-refractivity contribution is -0.0489. The van der Waals surface area contributed by atoms with Crippen molar-refractivity contribution in [2.45, 2.75) is 179 Å². The minimum Gasteiger partial charge on any atom is -0.444 e. The highest BCUT2D eigenvalue weighted by Gasteiger charge is 2.54. The number of carbonyl (C=O) groups excluding carboxylic acids is 1. The van der Waals surface area contributed by atoms with Gasteiger partial charge in [-0.2, -0.15) is 81.0 Å². The molecule has 1 unspecified atom stereocenters. The number of amides is 1. The fraction of sp³-hybridized carbons (Fsp3) is 0.970. The highest BCUT2D eigenvalue weighted by atomic mass is 32.1. The van der Waals surface area contributed by atoms with Crippen molar-refractivity contribution in [1.29, 1.82) is 0 Å². The van der Waals surface area contributed by atoms with Gasteiger partial charge in [0.05, 0.1) is 17.2 Å². The van der Waals surface area contributed by atoms with Crippen molar-refractivity contribution in [1.82, 2.24) is 4.90 Å². The van der Waals surface area contributed by atoms with Crippen LogP contribution >= 0.6 is 81.0 Å². The van der Waals surface area contributed by atoms with Crippen LogP contribution < -0.4 is 0 Å². The zero-order valence-electron chi connectivity index (χ0n) is 27.1. The SMILES string of the molecule is C.CC(C)(C)OC(=O)N1[C@H](C2(O)CCCC2)C[C@@H]2CCCC[C@@H]21.OC1(C2C[C@H]3CCCC[C@H]3C2)CCCC1.S.S.S.S.S.S. The maximum absolute atomic E-state index is 12.8. The number of rotatable bonds is 2. The molecule has 5 nitrogen and oxygen atoms in total. The molecule has 1 heterocycles. The molecule has 2 N–H and O–H groups in total. The van der Waals surface area contributed by atoms with E-state index in [-0.39, 0.29) is 112 Å². The Hall–Kier alpha value is 1.29. The molecule has 1 aliphatic heterocycles. The molecule has 11 heteroatoms. The Morgan fingerprint density at radius 1 is 0.636 bits per heavy atom. The molecule has 6 fully saturated rings. The van der Waals surface area contributed by atoms with E-state index < -0.39 is 11.2 Å². The standard InChI is InChI=1S/C18H31NO3.C14H24O.CH4.6H2S/c1-17(2,3)22-16(20)19-14-9-5-4-8-13(14)12-15(19)18(21)10-6-7-11-18;15-14(7-3-4-8-14)13-9-11-5-1-2-6-12(11)10-13;;;;;;;/h13-15,21H,4-12H2,1-3H3;11-13,15H,1-10H2;1H4;6*1H2/t13-,14-,15-;11-,12+,13?;;;;;;;/m0......../s1. The van der Waals surface area contributed by atoms with Gasteiger partial charge in [-0.1, -0.05) is 71.6 Å². The maximum Gasteiger partial charge on any atom is 0.410 e. The minimum absolute atomic E-state index is 0. The molecule has 44 heavy (non-hydrogen) atoms. The van der Waals surface area contributed by atoms with Gasteiger partial charge in [0.15, 0.2) is 0 Å². The summed E-state index contributed by atoms with van der Waals surface area (Å²) in [5.41, 5.74) is -1.40. The Labute approximate surface area is 312 Å². The molecule has 1 saturated heterocycles. The third-order valence-corrected chi connectivity index (χ3v) is 11.3. The smallest absolute Gasteiger partial charge is 0.410 e. The van der Waals surface area contributed by atoms with Gasteiger partial charge in [-0.25, -0.2) is 4.79 Å². The van der Waals surface area contributed by atoms with Gasteiger partial charge < -0.3 is 14.9 Å². The minimum atomic E-state index is -0.686. The number of hydrogen-bond acceptors (Lipinski definition) is 4. The molecular weight excluding hydrogens is 667 g/mol. The zero-order chi connectivity index (χ0) is 26.3. The van der Waals surface area contributed by atoms with Crippen LogP contribution in [0, 0.1) is 23.7 Å². The van der Waals surface area contributed by atoms with Crippen LogP contribution in [0.3, 0.4) is 0 Å². The highest BCUT2D eigenvalue weighted by molar-refractivity contribution is 7.60. The zero-order valence-corrected chi connectivity index (χ0v) is 33.1. The van der Waals surface area contributed by atoms with Gasteiger partial charge in [0.2, 0.25) is 0 Å². The Balaban J connectivity index is -0.000000688. The van der Waals surface area contributed by atoms with Gasteiger partial charge in [0.25, 0.3) is 0 Å². The number of fused-ring (bicyclic) bond motifs is 2. The third kappa shape index (κ3) is 11.4. The van der Waals surface area contributed by atoms with E-state index in [0.717, 1.165) is 63.2 Å². The Morgan fingerprint density at radius 3 is 1.50 bits per heavy atom. The van der Waals surface area contributed by atoms with Gasteiger partial charge in [-0.05, 0) is 102 Å². The van der Waals surface area contributed by atoms with E-state index in [0.29, 0.717) is 11.8 Å². The summed E-state index contributed by atoms with van der Waals surface area (Å²) in [6, 6.07) is 0.233. The van der Waals surface area contributed by atoms with Crippen molar-refractivity contribution in [3.05, 3.63) is 0 Å².